The Bertz CT molecular complexity index is 1030. The number of anilines is 2. The maximum absolute atomic E-state index is 13.1. The minimum absolute atomic E-state index is 0.143. The summed E-state index contributed by atoms with van der Waals surface area (Å²) in [6.07, 6.45) is 1.11. The van der Waals surface area contributed by atoms with Crippen molar-refractivity contribution in [3.63, 3.8) is 0 Å². The highest BCUT2D eigenvalue weighted by atomic mass is 16.2. The largest absolute Gasteiger partial charge is 0.366 e. The quantitative estimate of drug-likeness (QED) is 0.749. The molecule has 1 aliphatic heterocycles. The van der Waals surface area contributed by atoms with Crippen LogP contribution in [0.1, 0.15) is 38.1 Å². The number of carbonyl (C=O) groups excluding carboxylic acids is 2. The van der Waals surface area contributed by atoms with E-state index in [0.717, 1.165) is 11.3 Å². The van der Waals surface area contributed by atoms with Gasteiger partial charge in [0.05, 0.1) is 16.8 Å². The number of benzene rings is 2. The Hall–Kier alpha value is -3.67. The number of aromatic nitrogens is 1. The molecule has 3 N–H and O–H groups in total. The second-order valence-electron chi connectivity index (χ2n) is 6.40. The van der Waals surface area contributed by atoms with Gasteiger partial charge in [-0.05, 0) is 43.3 Å². The lowest BCUT2D eigenvalue weighted by molar-refractivity contribution is 0.0989. The van der Waals surface area contributed by atoms with Crippen molar-refractivity contribution < 1.29 is 9.59 Å². The number of hydrogen-bond donors (Lipinski definition) is 2. The molecule has 0 saturated carbocycles. The fraction of sp³-hybridized carbons (Fsp3) is 0.0952. The first-order valence-corrected chi connectivity index (χ1v) is 8.57. The van der Waals surface area contributed by atoms with Crippen molar-refractivity contribution in [2.24, 2.45) is 5.73 Å². The van der Waals surface area contributed by atoms with Crippen LogP contribution in [0.4, 0.5) is 11.4 Å². The topological polar surface area (TPSA) is 88.3 Å². The smallest absolute Gasteiger partial charge is 0.262 e. The first-order chi connectivity index (χ1) is 13.1. The van der Waals surface area contributed by atoms with Gasteiger partial charge in [-0.1, -0.05) is 29.8 Å². The van der Waals surface area contributed by atoms with Gasteiger partial charge in [0.2, 0.25) is 0 Å². The van der Waals surface area contributed by atoms with E-state index in [1.165, 1.54) is 0 Å². The molecule has 1 unspecified atom stereocenters. The molecule has 0 saturated heterocycles. The number of amides is 2. The Balaban J connectivity index is 1.81. The minimum Gasteiger partial charge on any atom is -0.366 e. The van der Waals surface area contributed by atoms with E-state index in [1.807, 2.05) is 31.2 Å². The van der Waals surface area contributed by atoms with Gasteiger partial charge in [-0.15, -0.1) is 0 Å². The van der Waals surface area contributed by atoms with E-state index in [4.69, 9.17) is 5.73 Å². The predicted octanol–water partition coefficient (Wildman–Crippen LogP) is 3.26. The molecule has 2 heterocycles. The summed E-state index contributed by atoms with van der Waals surface area (Å²) in [6.45, 7) is 1.99. The van der Waals surface area contributed by atoms with Crippen LogP contribution >= 0.6 is 0 Å². The Morgan fingerprint density at radius 1 is 1.07 bits per heavy atom. The highest BCUT2D eigenvalue weighted by Gasteiger charge is 2.39. The SMILES string of the molecule is Cc1ccc(N2C(=O)c3cccnc3C2Nc2ccccc2C(N)=O)cc1. The zero-order valence-electron chi connectivity index (χ0n) is 14.7. The Kier molecular flexibility index (Phi) is 4.08. The molecule has 0 bridgehead atoms. The van der Waals surface area contributed by atoms with Crippen LogP contribution in [0.3, 0.4) is 0 Å². The van der Waals surface area contributed by atoms with Gasteiger partial charge in [0.15, 0.2) is 6.17 Å². The van der Waals surface area contributed by atoms with Crippen molar-refractivity contribution in [1.82, 2.24) is 4.98 Å². The molecule has 0 radical (unpaired) electrons. The average molecular weight is 358 g/mol. The molecule has 0 fully saturated rings. The van der Waals surface area contributed by atoms with E-state index in [0.29, 0.717) is 22.5 Å². The van der Waals surface area contributed by atoms with Crippen LogP contribution in [0, 0.1) is 6.92 Å². The molecule has 3 aromatic rings. The van der Waals surface area contributed by atoms with Crippen LogP contribution < -0.4 is 16.0 Å². The number of primary amides is 1. The highest BCUT2D eigenvalue weighted by molar-refractivity contribution is 6.11. The summed E-state index contributed by atoms with van der Waals surface area (Å²) in [7, 11) is 0. The van der Waals surface area contributed by atoms with Crippen molar-refractivity contribution in [2.75, 3.05) is 10.2 Å². The van der Waals surface area contributed by atoms with Crippen molar-refractivity contribution >= 4 is 23.2 Å². The fourth-order valence-electron chi connectivity index (χ4n) is 3.26. The van der Waals surface area contributed by atoms with Gasteiger partial charge in [0.25, 0.3) is 11.8 Å². The number of carbonyl (C=O) groups is 2. The molecule has 2 amide bonds. The second kappa shape index (κ2) is 6.57. The summed E-state index contributed by atoms with van der Waals surface area (Å²) in [4.78, 5) is 30.9. The summed E-state index contributed by atoms with van der Waals surface area (Å²) in [5.74, 6) is -0.679. The molecule has 1 aliphatic rings. The van der Waals surface area contributed by atoms with E-state index in [9.17, 15) is 9.59 Å². The first kappa shape index (κ1) is 16.8. The van der Waals surface area contributed by atoms with Gasteiger partial charge in [0, 0.05) is 17.6 Å². The highest BCUT2D eigenvalue weighted by Crippen LogP contribution is 2.37. The van der Waals surface area contributed by atoms with Gasteiger partial charge >= 0.3 is 0 Å². The number of nitrogens with two attached hydrogens (primary N) is 1. The number of fused-ring (bicyclic) bond motifs is 1. The van der Waals surface area contributed by atoms with Gasteiger partial charge in [-0.3, -0.25) is 19.5 Å². The van der Waals surface area contributed by atoms with Crippen molar-refractivity contribution in [2.45, 2.75) is 13.1 Å². The lowest BCUT2D eigenvalue weighted by Gasteiger charge is -2.27. The third kappa shape index (κ3) is 2.91. The average Bonchev–Trinajstić information content (AvgIpc) is 2.95. The number of para-hydroxylation sites is 1. The van der Waals surface area contributed by atoms with E-state index < -0.39 is 12.1 Å². The van der Waals surface area contributed by atoms with E-state index >= 15 is 0 Å². The van der Waals surface area contributed by atoms with Gasteiger partial charge in [0.1, 0.15) is 0 Å². The zero-order valence-corrected chi connectivity index (χ0v) is 14.7. The van der Waals surface area contributed by atoms with Gasteiger partial charge in [-0.25, -0.2) is 0 Å². The number of nitrogens with one attached hydrogen (secondary N) is 1. The van der Waals surface area contributed by atoms with Crippen LogP contribution in [-0.2, 0) is 0 Å². The molecule has 4 rings (SSSR count). The Labute approximate surface area is 156 Å². The number of nitrogens with zero attached hydrogens (tertiary/aromatic N) is 2. The molecule has 2 aromatic carbocycles. The van der Waals surface area contributed by atoms with Crippen LogP contribution in [0.5, 0.6) is 0 Å². The molecule has 0 spiro atoms. The van der Waals surface area contributed by atoms with E-state index in [1.54, 1.807) is 47.5 Å². The zero-order chi connectivity index (χ0) is 19.0. The predicted molar refractivity (Wildman–Crippen MR) is 104 cm³/mol. The van der Waals surface area contributed by atoms with E-state index in [2.05, 4.69) is 10.3 Å². The van der Waals surface area contributed by atoms with Crippen LogP contribution in [-0.4, -0.2) is 16.8 Å². The third-order valence-corrected chi connectivity index (χ3v) is 4.60. The summed E-state index contributed by atoms with van der Waals surface area (Å²) < 4.78 is 0. The number of aryl methyl sites for hydroxylation is 1. The van der Waals surface area contributed by atoms with Crippen molar-refractivity contribution in [3.8, 4) is 0 Å². The second-order valence-corrected chi connectivity index (χ2v) is 6.40. The number of hydrogen-bond acceptors (Lipinski definition) is 4. The van der Waals surface area contributed by atoms with Gasteiger partial charge < -0.3 is 11.1 Å². The normalized spacial score (nSPS) is 15.5. The third-order valence-electron chi connectivity index (χ3n) is 4.60. The van der Waals surface area contributed by atoms with Crippen molar-refractivity contribution in [3.05, 3.63) is 89.2 Å². The van der Waals surface area contributed by atoms with Crippen LogP contribution in [0.25, 0.3) is 0 Å². The first-order valence-electron chi connectivity index (χ1n) is 8.57. The molecule has 0 aliphatic carbocycles. The lowest BCUT2D eigenvalue weighted by Crippen LogP contribution is -2.33. The fourth-order valence-corrected chi connectivity index (χ4v) is 3.26. The maximum atomic E-state index is 13.1. The summed E-state index contributed by atoms with van der Waals surface area (Å²) in [6, 6.07) is 18.2. The molecule has 1 aromatic heterocycles. The molecular weight excluding hydrogens is 340 g/mol. The number of rotatable bonds is 4. The molecular formula is C21H18N4O2. The van der Waals surface area contributed by atoms with E-state index in [-0.39, 0.29) is 5.91 Å². The Morgan fingerprint density at radius 2 is 1.81 bits per heavy atom. The number of pyridine rings is 1. The summed E-state index contributed by atoms with van der Waals surface area (Å²) in [5.41, 5.74) is 9.41. The molecule has 27 heavy (non-hydrogen) atoms. The molecule has 134 valence electrons. The van der Waals surface area contributed by atoms with Crippen LogP contribution in [0.2, 0.25) is 0 Å². The Morgan fingerprint density at radius 3 is 2.56 bits per heavy atom. The summed E-state index contributed by atoms with van der Waals surface area (Å²) in [5, 5.41) is 3.28. The summed E-state index contributed by atoms with van der Waals surface area (Å²) >= 11 is 0. The standard InChI is InChI=1S/C21H18N4O2/c1-13-8-10-14(11-9-13)25-20(18-16(21(25)27)6-4-12-23-18)24-17-7-3-2-5-15(17)19(22)26/h2-12,20,24H,1H3,(H2,22,26). The van der Waals surface area contributed by atoms with Gasteiger partial charge in [-0.2, -0.15) is 0 Å². The monoisotopic (exact) mass is 358 g/mol. The molecule has 1 atom stereocenters. The van der Waals surface area contributed by atoms with Crippen LogP contribution in [0.15, 0.2) is 66.9 Å². The minimum atomic E-state index is -0.545. The maximum Gasteiger partial charge on any atom is 0.262 e. The molecule has 6 nitrogen and oxygen atoms in total. The molecule has 6 heteroatoms. The lowest BCUT2D eigenvalue weighted by atomic mass is 10.1. The van der Waals surface area contributed by atoms with Crippen molar-refractivity contribution in [1.29, 1.82) is 0 Å².